The van der Waals surface area contributed by atoms with Crippen LogP contribution in [0.4, 0.5) is 13.2 Å². The van der Waals surface area contributed by atoms with E-state index in [1.54, 1.807) is 0 Å². The molecule has 1 rings (SSSR count). The van der Waals surface area contributed by atoms with E-state index < -0.39 is 19.2 Å². The van der Waals surface area contributed by atoms with Gasteiger partial charge in [0.1, 0.15) is 0 Å². The standard InChI is InChI=1S/C10H10F3NO3/c1-7(15)8-2-3-9(14-6-17-8)16-5-4-10(11,12)13/h2-3,6,15H,1,4-5H2. The van der Waals surface area contributed by atoms with Crippen molar-refractivity contribution in [3.05, 3.63) is 36.1 Å². The number of aliphatic hydroxyl groups excluding tert-OH is 1. The molecule has 0 aliphatic carbocycles. The van der Waals surface area contributed by atoms with Crippen LogP contribution in [0.15, 0.2) is 41.1 Å². The van der Waals surface area contributed by atoms with Gasteiger partial charge in [-0.2, -0.15) is 18.2 Å². The van der Waals surface area contributed by atoms with Gasteiger partial charge in [-0.15, -0.1) is 0 Å². The van der Waals surface area contributed by atoms with Crippen LogP contribution in [-0.2, 0) is 9.47 Å². The van der Waals surface area contributed by atoms with Gasteiger partial charge in [-0.3, -0.25) is 0 Å². The van der Waals surface area contributed by atoms with Crippen LogP contribution in [-0.4, -0.2) is 24.3 Å². The Morgan fingerprint density at radius 2 is 2.18 bits per heavy atom. The van der Waals surface area contributed by atoms with Crippen molar-refractivity contribution in [3.8, 4) is 0 Å². The highest BCUT2D eigenvalue weighted by molar-refractivity contribution is 5.53. The van der Waals surface area contributed by atoms with Crippen molar-refractivity contribution in [1.82, 2.24) is 0 Å². The molecule has 7 heteroatoms. The minimum atomic E-state index is -4.27. The van der Waals surface area contributed by atoms with E-state index in [1.807, 2.05) is 0 Å². The second kappa shape index (κ2) is 5.42. The molecule has 94 valence electrons. The van der Waals surface area contributed by atoms with Gasteiger partial charge in [0.05, 0.1) is 13.0 Å². The van der Waals surface area contributed by atoms with Gasteiger partial charge in [-0.05, 0) is 6.08 Å². The number of hydrogen-bond acceptors (Lipinski definition) is 4. The molecule has 0 spiro atoms. The van der Waals surface area contributed by atoms with Crippen LogP contribution in [0.5, 0.6) is 0 Å². The van der Waals surface area contributed by atoms with Crippen molar-refractivity contribution in [1.29, 1.82) is 0 Å². The predicted octanol–water partition coefficient (Wildman–Crippen LogP) is 2.81. The zero-order valence-corrected chi connectivity index (χ0v) is 8.70. The number of alkyl halides is 3. The lowest BCUT2D eigenvalue weighted by atomic mass is 10.4. The highest BCUT2D eigenvalue weighted by Crippen LogP contribution is 2.20. The van der Waals surface area contributed by atoms with Crippen molar-refractivity contribution >= 4 is 6.40 Å². The summed E-state index contributed by atoms with van der Waals surface area (Å²) in [5.74, 6) is -0.307. The summed E-state index contributed by atoms with van der Waals surface area (Å²) in [5.41, 5.74) is 0. The molecule has 0 amide bonds. The second-order valence-electron chi connectivity index (χ2n) is 3.05. The molecule has 0 fully saturated rings. The first-order chi connectivity index (χ1) is 7.88. The molecule has 1 heterocycles. The monoisotopic (exact) mass is 249 g/mol. The van der Waals surface area contributed by atoms with Gasteiger partial charge in [-0.1, -0.05) is 6.58 Å². The first kappa shape index (κ1) is 13.1. The molecule has 1 aliphatic heterocycles. The molecule has 0 bridgehead atoms. The molecule has 0 radical (unpaired) electrons. The molecular formula is C10H10F3NO3. The van der Waals surface area contributed by atoms with E-state index in [0.29, 0.717) is 0 Å². The van der Waals surface area contributed by atoms with Gasteiger partial charge in [0.2, 0.25) is 5.88 Å². The third kappa shape index (κ3) is 5.10. The van der Waals surface area contributed by atoms with Gasteiger partial charge in [0.25, 0.3) is 0 Å². The topological polar surface area (TPSA) is 51.0 Å². The molecule has 1 N–H and O–H groups in total. The molecule has 17 heavy (non-hydrogen) atoms. The fourth-order valence-electron chi connectivity index (χ4n) is 0.885. The molecular weight excluding hydrogens is 239 g/mol. The molecule has 0 saturated heterocycles. The molecule has 0 atom stereocenters. The van der Waals surface area contributed by atoms with E-state index in [2.05, 4.69) is 11.6 Å². The van der Waals surface area contributed by atoms with Crippen molar-refractivity contribution < 1.29 is 27.8 Å². The molecule has 0 aromatic heterocycles. The van der Waals surface area contributed by atoms with Crippen LogP contribution < -0.4 is 0 Å². The normalized spacial score (nSPS) is 15.5. The van der Waals surface area contributed by atoms with E-state index in [1.165, 1.54) is 12.2 Å². The number of aliphatic imine (C=N–C) groups is 1. The SMILES string of the molecule is C=C(O)C1=CC=C(OCCC(F)(F)F)N=CO1. The summed E-state index contributed by atoms with van der Waals surface area (Å²) in [5, 5.41) is 9.00. The summed E-state index contributed by atoms with van der Waals surface area (Å²) in [7, 11) is 0. The summed E-state index contributed by atoms with van der Waals surface area (Å²) >= 11 is 0. The van der Waals surface area contributed by atoms with Crippen LogP contribution in [0.1, 0.15) is 6.42 Å². The van der Waals surface area contributed by atoms with E-state index in [-0.39, 0.29) is 17.4 Å². The zero-order valence-electron chi connectivity index (χ0n) is 8.70. The Hall–Kier alpha value is -1.92. The Balaban J connectivity index is 2.52. The quantitative estimate of drug-likeness (QED) is 0.779. The van der Waals surface area contributed by atoms with E-state index in [9.17, 15) is 13.2 Å². The fraction of sp³-hybridized carbons (Fsp3) is 0.300. The maximum atomic E-state index is 11.8. The average molecular weight is 249 g/mol. The number of ether oxygens (including phenoxy) is 2. The van der Waals surface area contributed by atoms with Crippen molar-refractivity contribution in [2.75, 3.05) is 6.61 Å². The van der Waals surface area contributed by atoms with Crippen LogP contribution in [0, 0.1) is 0 Å². The lowest BCUT2D eigenvalue weighted by molar-refractivity contribution is -0.142. The maximum Gasteiger partial charge on any atom is 0.392 e. The summed E-state index contributed by atoms with van der Waals surface area (Å²) in [6, 6.07) is 0. The third-order valence-corrected chi connectivity index (χ3v) is 1.66. The largest absolute Gasteiger partial charge is 0.505 e. The van der Waals surface area contributed by atoms with Crippen LogP contribution >= 0.6 is 0 Å². The van der Waals surface area contributed by atoms with Gasteiger partial charge in [0.15, 0.2) is 17.9 Å². The van der Waals surface area contributed by atoms with Crippen molar-refractivity contribution in [3.63, 3.8) is 0 Å². The van der Waals surface area contributed by atoms with E-state index in [4.69, 9.17) is 14.6 Å². The lowest BCUT2D eigenvalue weighted by Gasteiger charge is -2.07. The van der Waals surface area contributed by atoms with Crippen molar-refractivity contribution in [2.24, 2.45) is 4.99 Å². The summed E-state index contributed by atoms with van der Waals surface area (Å²) < 4.78 is 45.1. The Bertz CT molecular complexity index is 383. The van der Waals surface area contributed by atoms with Crippen LogP contribution in [0.2, 0.25) is 0 Å². The molecule has 4 nitrogen and oxygen atoms in total. The number of allylic oxidation sites excluding steroid dienone is 2. The van der Waals surface area contributed by atoms with Gasteiger partial charge in [-0.25, -0.2) is 0 Å². The second-order valence-corrected chi connectivity index (χ2v) is 3.05. The molecule has 0 aromatic carbocycles. The van der Waals surface area contributed by atoms with E-state index in [0.717, 1.165) is 6.40 Å². The number of hydrogen-bond donors (Lipinski definition) is 1. The van der Waals surface area contributed by atoms with Gasteiger partial charge < -0.3 is 14.6 Å². The number of halogens is 3. The summed E-state index contributed by atoms with van der Waals surface area (Å²) in [6.07, 6.45) is -1.83. The van der Waals surface area contributed by atoms with Crippen LogP contribution in [0.3, 0.4) is 0 Å². The molecule has 0 unspecified atom stereocenters. The lowest BCUT2D eigenvalue weighted by Crippen LogP contribution is -2.11. The minimum absolute atomic E-state index is 0.0366. The Kier molecular flexibility index (Phi) is 4.19. The zero-order chi connectivity index (χ0) is 12.9. The molecule has 0 aromatic rings. The highest BCUT2D eigenvalue weighted by atomic mass is 19.4. The van der Waals surface area contributed by atoms with Gasteiger partial charge >= 0.3 is 6.18 Å². The van der Waals surface area contributed by atoms with Crippen molar-refractivity contribution in [2.45, 2.75) is 12.6 Å². The smallest absolute Gasteiger partial charge is 0.392 e. The summed E-state index contributed by atoms with van der Waals surface area (Å²) in [4.78, 5) is 3.60. The predicted molar refractivity (Wildman–Crippen MR) is 54.1 cm³/mol. The first-order valence-corrected chi connectivity index (χ1v) is 4.57. The Labute approximate surface area is 95.4 Å². The number of rotatable bonds is 4. The third-order valence-electron chi connectivity index (χ3n) is 1.66. The minimum Gasteiger partial charge on any atom is -0.505 e. The summed E-state index contributed by atoms with van der Waals surface area (Å²) in [6.45, 7) is 2.69. The highest BCUT2D eigenvalue weighted by Gasteiger charge is 2.26. The maximum absolute atomic E-state index is 11.8. The first-order valence-electron chi connectivity index (χ1n) is 4.57. The molecule has 0 saturated carbocycles. The number of nitrogens with zero attached hydrogens (tertiary/aromatic N) is 1. The Morgan fingerprint density at radius 1 is 1.47 bits per heavy atom. The van der Waals surface area contributed by atoms with Crippen LogP contribution in [0.25, 0.3) is 0 Å². The average Bonchev–Trinajstić information content (AvgIpc) is 2.41. The fourth-order valence-corrected chi connectivity index (χ4v) is 0.885. The van der Waals surface area contributed by atoms with Gasteiger partial charge in [0, 0.05) is 6.08 Å². The van der Waals surface area contributed by atoms with E-state index >= 15 is 0 Å². The molecule has 1 aliphatic rings. The Morgan fingerprint density at radius 3 is 2.76 bits per heavy atom. The number of aliphatic hydroxyl groups is 1.